The minimum atomic E-state index is -0.514. The second-order valence-electron chi connectivity index (χ2n) is 3.71. The van der Waals surface area contributed by atoms with Gasteiger partial charge in [-0.05, 0) is 24.0 Å². The average Bonchev–Trinajstić information content (AvgIpc) is 2.78. The van der Waals surface area contributed by atoms with Crippen molar-refractivity contribution in [2.45, 2.75) is 25.8 Å². The molecule has 1 unspecified atom stereocenters. The Labute approximate surface area is 103 Å². The molecule has 2 rings (SSSR count). The summed E-state index contributed by atoms with van der Waals surface area (Å²) in [4.78, 5) is 4.54. The Bertz CT molecular complexity index is 500. The summed E-state index contributed by atoms with van der Waals surface area (Å²) in [6.45, 7) is 2.06. The van der Waals surface area contributed by atoms with E-state index in [0.717, 1.165) is 23.4 Å². The Morgan fingerprint density at radius 3 is 3.06 bits per heavy atom. The van der Waals surface area contributed by atoms with Crippen LogP contribution in [0.1, 0.15) is 35.5 Å². The van der Waals surface area contributed by atoms with Crippen LogP contribution in [-0.4, -0.2) is 14.6 Å². The van der Waals surface area contributed by atoms with Crippen LogP contribution in [0.25, 0.3) is 0 Å². The summed E-state index contributed by atoms with van der Waals surface area (Å²) in [5.74, 6) is -0.393. The monoisotopic (exact) mass is 252 g/mol. The van der Waals surface area contributed by atoms with E-state index in [1.165, 1.54) is 23.9 Å². The zero-order valence-corrected chi connectivity index (χ0v) is 10.2. The van der Waals surface area contributed by atoms with Crippen LogP contribution >= 0.6 is 11.5 Å². The van der Waals surface area contributed by atoms with Gasteiger partial charge < -0.3 is 5.73 Å². The van der Waals surface area contributed by atoms with Crippen molar-refractivity contribution in [2.75, 3.05) is 0 Å². The number of hydrogen-bond donors (Lipinski definition) is 1. The number of nitrogens with two attached hydrogens (primary N) is 1. The van der Waals surface area contributed by atoms with Crippen molar-refractivity contribution in [3.05, 3.63) is 40.4 Å². The Hall–Kier alpha value is -1.40. The maximum Gasteiger partial charge on any atom is 0.146 e. The van der Waals surface area contributed by atoms with Gasteiger partial charge in [-0.2, -0.15) is 0 Å². The van der Waals surface area contributed by atoms with Crippen molar-refractivity contribution < 1.29 is 4.39 Å². The van der Waals surface area contributed by atoms with Crippen molar-refractivity contribution in [2.24, 2.45) is 5.73 Å². The van der Waals surface area contributed by atoms with Gasteiger partial charge in [0.1, 0.15) is 5.82 Å². The van der Waals surface area contributed by atoms with E-state index < -0.39 is 11.9 Å². The van der Waals surface area contributed by atoms with Gasteiger partial charge in [0.25, 0.3) is 0 Å². The number of aryl methyl sites for hydroxylation is 1. The van der Waals surface area contributed by atoms with Gasteiger partial charge in [-0.3, -0.25) is 4.98 Å². The lowest BCUT2D eigenvalue weighted by atomic mass is 10.0. The summed E-state index contributed by atoms with van der Waals surface area (Å²) in [7, 11) is 0. The molecule has 90 valence electrons. The zero-order chi connectivity index (χ0) is 12.3. The molecule has 0 radical (unpaired) electrons. The highest BCUT2D eigenvalue weighted by molar-refractivity contribution is 7.05. The van der Waals surface area contributed by atoms with Gasteiger partial charge in [0.05, 0.1) is 22.8 Å². The van der Waals surface area contributed by atoms with Crippen LogP contribution in [0.5, 0.6) is 0 Å². The molecule has 0 fully saturated rings. The molecule has 0 spiro atoms. The molecule has 4 nitrogen and oxygen atoms in total. The maximum absolute atomic E-state index is 13.6. The average molecular weight is 252 g/mol. The van der Waals surface area contributed by atoms with E-state index in [2.05, 4.69) is 21.5 Å². The second-order valence-corrected chi connectivity index (χ2v) is 4.49. The van der Waals surface area contributed by atoms with Crippen LogP contribution in [0, 0.1) is 5.82 Å². The number of aromatic nitrogens is 3. The highest BCUT2D eigenvalue weighted by atomic mass is 32.1. The van der Waals surface area contributed by atoms with Crippen molar-refractivity contribution in [1.29, 1.82) is 0 Å². The fourth-order valence-corrected chi connectivity index (χ4v) is 2.36. The summed E-state index contributed by atoms with van der Waals surface area (Å²) < 4.78 is 17.5. The molecule has 0 aromatic carbocycles. The van der Waals surface area contributed by atoms with Crippen LogP contribution in [-0.2, 0) is 6.42 Å². The Balaban J connectivity index is 2.34. The predicted octanol–water partition coefficient (Wildman–Crippen LogP) is 2.07. The van der Waals surface area contributed by atoms with Crippen LogP contribution in [0.15, 0.2) is 18.5 Å². The minimum Gasteiger partial charge on any atom is -0.319 e. The van der Waals surface area contributed by atoms with Crippen molar-refractivity contribution in [3.8, 4) is 0 Å². The van der Waals surface area contributed by atoms with E-state index in [-0.39, 0.29) is 0 Å². The third-order valence-electron chi connectivity index (χ3n) is 2.49. The minimum absolute atomic E-state index is 0.393. The molecule has 2 heterocycles. The molecule has 6 heteroatoms. The smallest absolute Gasteiger partial charge is 0.146 e. The second kappa shape index (κ2) is 5.29. The van der Waals surface area contributed by atoms with Crippen LogP contribution in [0.3, 0.4) is 0 Å². The quantitative estimate of drug-likeness (QED) is 0.904. The third-order valence-corrected chi connectivity index (χ3v) is 3.34. The van der Waals surface area contributed by atoms with Gasteiger partial charge in [0.2, 0.25) is 0 Å². The Morgan fingerprint density at radius 2 is 2.35 bits per heavy atom. The lowest BCUT2D eigenvalue weighted by molar-refractivity contribution is 0.593. The molecule has 17 heavy (non-hydrogen) atoms. The number of nitrogens with zero attached hydrogens (tertiary/aromatic N) is 3. The standard InChI is InChI=1S/C11H13FN4S/c1-2-3-9-11(17-16-15-9)10(13)7-4-5-14-6-8(7)12/h4-6,10H,2-3,13H2,1H3. The van der Waals surface area contributed by atoms with E-state index in [0.29, 0.717) is 5.56 Å². The first kappa shape index (κ1) is 12.1. The first-order valence-electron chi connectivity index (χ1n) is 5.40. The number of halogens is 1. The fraction of sp³-hybridized carbons (Fsp3) is 0.364. The van der Waals surface area contributed by atoms with E-state index >= 15 is 0 Å². The molecule has 0 aliphatic rings. The van der Waals surface area contributed by atoms with Crippen LogP contribution in [0.2, 0.25) is 0 Å². The molecule has 2 aromatic heterocycles. The van der Waals surface area contributed by atoms with E-state index in [4.69, 9.17) is 5.73 Å². The summed E-state index contributed by atoms with van der Waals surface area (Å²) in [6.07, 6.45) is 4.48. The van der Waals surface area contributed by atoms with Gasteiger partial charge in [-0.25, -0.2) is 4.39 Å². The lowest BCUT2D eigenvalue weighted by Gasteiger charge is -2.11. The summed E-state index contributed by atoms with van der Waals surface area (Å²) in [5.41, 5.74) is 7.35. The molecule has 0 bridgehead atoms. The summed E-state index contributed by atoms with van der Waals surface area (Å²) in [6, 6.07) is 1.08. The van der Waals surface area contributed by atoms with Crippen molar-refractivity contribution >= 4 is 11.5 Å². The summed E-state index contributed by atoms with van der Waals surface area (Å²) in [5, 5.41) is 4.03. The highest BCUT2D eigenvalue weighted by Crippen LogP contribution is 2.26. The molecular weight excluding hydrogens is 239 g/mol. The van der Waals surface area contributed by atoms with Crippen LogP contribution in [0.4, 0.5) is 4.39 Å². The van der Waals surface area contributed by atoms with Gasteiger partial charge in [0, 0.05) is 11.8 Å². The molecule has 2 N–H and O–H groups in total. The van der Waals surface area contributed by atoms with Crippen molar-refractivity contribution in [1.82, 2.24) is 14.6 Å². The SMILES string of the molecule is CCCc1nnsc1C(N)c1ccncc1F. The van der Waals surface area contributed by atoms with Gasteiger partial charge in [0.15, 0.2) is 0 Å². The Morgan fingerprint density at radius 1 is 1.53 bits per heavy atom. The lowest BCUT2D eigenvalue weighted by Crippen LogP contribution is -2.14. The molecule has 0 aliphatic carbocycles. The zero-order valence-electron chi connectivity index (χ0n) is 9.43. The molecule has 1 atom stereocenters. The predicted molar refractivity (Wildman–Crippen MR) is 64.1 cm³/mol. The number of rotatable bonds is 4. The Kier molecular flexibility index (Phi) is 3.75. The first-order valence-corrected chi connectivity index (χ1v) is 6.17. The van der Waals surface area contributed by atoms with Gasteiger partial charge in [-0.1, -0.05) is 17.8 Å². The third kappa shape index (κ3) is 2.48. The topological polar surface area (TPSA) is 64.7 Å². The molecule has 0 aliphatic heterocycles. The van der Waals surface area contributed by atoms with Crippen LogP contribution < -0.4 is 5.73 Å². The first-order chi connectivity index (χ1) is 8.24. The van der Waals surface area contributed by atoms with Gasteiger partial charge in [-0.15, -0.1) is 5.10 Å². The highest BCUT2D eigenvalue weighted by Gasteiger charge is 2.19. The maximum atomic E-state index is 13.6. The van der Waals surface area contributed by atoms with E-state index in [1.807, 2.05) is 0 Å². The largest absolute Gasteiger partial charge is 0.319 e. The number of pyridine rings is 1. The normalized spacial score (nSPS) is 12.6. The molecule has 0 saturated heterocycles. The molecular formula is C11H13FN4S. The van der Waals surface area contributed by atoms with Gasteiger partial charge >= 0.3 is 0 Å². The van der Waals surface area contributed by atoms with Crippen molar-refractivity contribution in [3.63, 3.8) is 0 Å². The molecule has 0 amide bonds. The van der Waals surface area contributed by atoms with E-state index in [1.54, 1.807) is 6.07 Å². The molecule has 0 saturated carbocycles. The number of hydrogen-bond acceptors (Lipinski definition) is 5. The van der Waals surface area contributed by atoms with E-state index in [9.17, 15) is 4.39 Å². The fourth-order valence-electron chi connectivity index (χ4n) is 1.64. The summed E-state index contributed by atoms with van der Waals surface area (Å²) >= 11 is 1.23. The molecule has 2 aromatic rings.